The Morgan fingerprint density at radius 3 is 2.84 bits per heavy atom. The van der Waals surface area contributed by atoms with E-state index < -0.39 is 0 Å². The second-order valence-electron chi connectivity index (χ2n) is 4.76. The molecule has 1 aromatic carbocycles. The van der Waals surface area contributed by atoms with E-state index >= 15 is 0 Å². The second kappa shape index (κ2) is 6.41. The molecule has 0 aliphatic rings. The van der Waals surface area contributed by atoms with Gasteiger partial charge in [0.15, 0.2) is 5.78 Å². The molecular formula is C16H21NO2. The highest BCUT2D eigenvalue weighted by Gasteiger charge is 2.15. The van der Waals surface area contributed by atoms with E-state index in [2.05, 4.69) is 18.8 Å². The van der Waals surface area contributed by atoms with Crippen LogP contribution in [-0.4, -0.2) is 17.4 Å². The maximum absolute atomic E-state index is 12.2. The van der Waals surface area contributed by atoms with Gasteiger partial charge in [-0.05, 0) is 25.0 Å². The minimum Gasteiger partial charge on any atom is -0.493 e. The summed E-state index contributed by atoms with van der Waals surface area (Å²) in [6.45, 7) is 4.84. The number of nitrogens with one attached hydrogen (secondary N) is 1. The predicted octanol–water partition coefficient (Wildman–Crippen LogP) is 4.33. The number of aromatic amines is 1. The van der Waals surface area contributed by atoms with Crippen molar-refractivity contribution < 1.29 is 9.53 Å². The molecule has 0 bridgehead atoms. The Kier molecular flexibility index (Phi) is 4.61. The molecule has 0 amide bonds. The highest BCUT2D eigenvalue weighted by Crippen LogP contribution is 2.30. The number of ether oxygens (including phenoxy) is 1. The van der Waals surface area contributed by atoms with Gasteiger partial charge in [0.05, 0.1) is 12.0 Å². The third-order valence-corrected chi connectivity index (χ3v) is 3.19. The first-order valence-electron chi connectivity index (χ1n) is 7.04. The minimum atomic E-state index is 0.195. The van der Waals surface area contributed by atoms with Crippen molar-refractivity contribution in [2.45, 2.75) is 39.5 Å². The van der Waals surface area contributed by atoms with Crippen LogP contribution in [0.4, 0.5) is 0 Å². The maximum Gasteiger partial charge on any atom is 0.165 e. The summed E-state index contributed by atoms with van der Waals surface area (Å²) in [5.74, 6) is 1.00. The van der Waals surface area contributed by atoms with Crippen LogP contribution in [0.2, 0.25) is 0 Å². The van der Waals surface area contributed by atoms with Gasteiger partial charge in [-0.15, -0.1) is 0 Å². The molecule has 102 valence electrons. The first kappa shape index (κ1) is 13.7. The Morgan fingerprint density at radius 2 is 2.11 bits per heavy atom. The lowest BCUT2D eigenvalue weighted by molar-refractivity contribution is 0.0981. The van der Waals surface area contributed by atoms with Crippen LogP contribution in [0.5, 0.6) is 5.75 Å². The molecule has 0 atom stereocenters. The number of rotatable bonds is 7. The average molecular weight is 259 g/mol. The molecule has 0 radical (unpaired) electrons. The summed E-state index contributed by atoms with van der Waals surface area (Å²) < 4.78 is 5.75. The molecule has 0 aliphatic carbocycles. The molecule has 0 saturated carbocycles. The number of ketones is 1. The summed E-state index contributed by atoms with van der Waals surface area (Å²) >= 11 is 0. The summed E-state index contributed by atoms with van der Waals surface area (Å²) in [5, 5.41) is 0.928. The molecule has 3 nitrogen and oxygen atoms in total. The molecule has 2 rings (SSSR count). The summed E-state index contributed by atoms with van der Waals surface area (Å²) in [4.78, 5) is 15.4. The number of carbonyl (C=O) groups excluding carboxylic acids is 1. The zero-order valence-electron chi connectivity index (χ0n) is 11.7. The van der Waals surface area contributed by atoms with E-state index in [9.17, 15) is 4.79 Å². The molecular weight excluding hydrogens is 238 g/mol. The molecule has 2 aromatic rings. The zero-order chi connectivity index (χ0) is 13.7. The molecule has 0 aliphatic heterocycles. The van der Waals surface area contributed by atoms with Gasteiger partial charge in [0.1, 0.15) is 5.75 Å². The van der Waals surface area contributed by atoms with Crippen molar-refractivity contribution in [3.05, 3.63) is 30.0 Å². The Bertz CT molecular complexity index is 557. The van der Waals surface area contributed by atoms with Crippen molar-refractivity contribution in [1.82, 2.24) is 4.98 Å². The largest absolute Gasteiger partial charge is 0.493 e. The van der Waals surface area contributed by atoms with Gasteiger partial charge < -0.3 is 9.72 Å². The van der Waals surface area contributed by atoms with Crippen LogP contribution in [0.25, 0.3) is 10.9 Å². The van der Waals surface area contributed by atoms with Crippen LogP contribution in [-0.2, 0) is 0 Å². The van der Waals surface area contributed by atoms with E-state index in [1.54, 1.807) is 0 Å². The van der Waals surface area contributed by atoms with Crippen molar-refractivity contribution >= 4 is 16.7 Å². The van der Waals surface area contributed by atoms with Gasteiger partial charge in [0.2, 0.25) is 0 Å². The van der Waals surface area contributed by atoms with Gasteiger partial charge in [-0.1, -0.05) is 26.3 Å². The summed E-state index contributed by atoms with van der Waals surface area (Å²) in [6.07, 6.45) is 5.34. The topological polar surface area (TPSA) is 42.1 Å². The number of unbranched alkanes of at least 4 members (excludes halogenated alkanes) is 1. The van der Waals surface area contributed by atoms with Gasteiger partial charge in [-0.3, -0.25) is 4.79 Å². The molecule has 0 spiro atoms. The normalized spacial score (nSPS) is 10.8. The summed E-state index contributed by atoms with van der Waals surface area (Å²) in [5.41, 5.74) is 1.73. The number of H-pyrrole nitrogens is 1. The lowest BCUT2D eigenvalue weighted by Gasteiger charge is -2.07. The number of fused-ring (bicyclic) bond motifs is 1. The highest BCUT2D eigenvalue weighted by atomic mass is 16.5. The third kappa shape index (κ3) is 2.98. The van der Waals surface area contributed by atoms with E-state index in [-0.39, 0.29) is 5.78 Å². The molecule has 0 fully saturated rings. The molecule has 0 saturated heterocycles. The number of benzene rings is 1. The molecule has 1 N–H and O–H groups in total. The summed E-state index contributed by atoms with van der Waals surface area (Å²) in [7, 11) is 0. The van der Waals surface area contributed by atoms with Gasteiger partial charge in [0, 0.05) is 23.7 Å². The van der Waals surface area contributed by atoms with Crippen molar-refractivity contribution in [3.63, 3.8) is 0 Å². The van der Waals surface area contributed by atoms with E-state index in [0.717, 1.165) is 41.5 Å². The van der Waals surface area contributed by atoms with Gasteiger partial charge in [-0.2, -0.15) is 0 Å². The fraction of sp³-hybridized carbons (Fsp3) is 0.438. The Labute approximate surface area is 114 Å². The molecule has 1 heterocycles. The van der Waals surface area contributed by atoms with Gasteiger partial charge in [0.25, 0.3) is 0 Å². The monoisotopic (exact) mass is 259 g/mol. The lowest BCUT2D eigenvalue weighted by Crippen LogP contribution is -2.00. The summed E-state index contributed by atoms with van der Waals surface area (Å²) in [6, 6.07) is 5.86. The quantitative estimate of drug-likeness (QED) is 0.752. The van der Waals surface area contributed by atoms with Crippen molar-refractivity contribution in [3.8, 4) is 5.75 Å². The van der Waals surface area contributed by atoms with Crippen LogP contribution < -0.4 is 4.74 Å². The van der Waals surface area contributed by atoms with E-state index in [1.807, 2.05) is 24.4 Å². The van der Waals surface area contributed by atoms with Gasteiger partial charge >= 0.3 is 0 Å². The Balaban J connectivity index is 2.36. The Hall–Kier alpha value is -1.77. The number of Topliss-reactive ketones (excluding diaryl/α,β-unsaturated/α-hetero) is 1. The zero-order valence-corrected chi connectivity index (χ0v) is 11.7. The second-order valence-corrected chi connectivity index (χ2v) is 4.76. The van der Waals surface area contributed by atoms with Crippen molar-refractivity contribution in [2.75, 3.05) is 6.61 Å². The predicted molar refractivity (Wildman–Crippen MR) is 77.9 cm³/mol. The smallest absolute Gasteiger partial charge is 0.165 e. The van der Waals surface area contributed by atoms with Gasteiger partial charge in [-0.25, -0.2) is 0 Å². The molecule has 0 unspecified atom stereocenters. The molecule has 19 heavy (non-hydrogen) atoms. The Morgan fingerprint density at radius 1 is 1.26 bits per heavy atom. The molecule has 1 aromatic heterocycles. The van der Waals surface area contributed by atoms with Crippen LogP contribution in [0.15, 0.2) is 24.4 Å². The SMILES string of the molecule is CCCCC(=O)c1c[nH]c2cccc(OCCC)c12. The first-order chi connectivity index (χ1) is 9.27. The van der Waals surface area contributed by atoms with E-state index in [0.29, 0.717) is 13.0 Å². The standard InChI is InChI=1S/C16H21NO2/c1-3-5-8-14(18)12-11-17-13-7-6-9-15(16(12)13)19-10-4-2/h6-7,9,11,17H,3-5,8,10H2,1-2H3. The van der Waals surface area contributed by atoms with Crippen molar-refractivity contribution in [1.29, 1.82) is 0 Å². The number of hydrogen-bond acceptors (Lipinski definition) is 2. The van der Waals surface area contributed by atoms with Crippen LogP contribution in [0.3, 0.4) is 0 Å². The van der Waals surface area contributed by atoms with Crippen LogP contribution >= 0.6 is 0 Å². The lowest BCUT2D eigenvalue weighted by atomic mass is 10.0. The fourth-order valence-corrected chi connectivity index (χ4v) is 2.18. The number of aromatic nitrogens is 1. The van der Waals surface area contributed by atoms with E-state index in [4.69, 9.17) is 4.74 Å². The third-order valence-electron chi connectivity index (χ3n) is 3.19. The van der Waals surface area contributed by atoms with E-state index in [1.165, 1.54) is 0 Å². The first-order valence-corrected chi connectivity index (χ1v) is 7.04. The van der Waals surface area contributed by atoms with Crippen LogP contribution in [0.1, 0.15) is 49.9 Å². The highest BCUT2D eigenvalue weighted by molar-refractivity contribution is 6.09. The molecule has 3 heteroatoms. The average Bonchev–Trinajstić information content (AvgIpc) is 2.87. The number of carbonyl (C=O) groups is 1. The fourth-order valence-electron chi connectivity index (χ4n) is 2.18. The van der Waals surface area contributed by atoms with Crippen LogP contribution in [0, 0.1) is 0 Å². The number of hydrogen-bond donors (Lipinski definition) is 1. The van der Waals surface area contributed by atoms with Crippen molar-refractivity contribution in [2.24, 2.45) is 0 Å². The maximum atomic E-state index is 12.2. The minimum absolute atomic E-state index is 0.195.